The Bertz CT molecular complexity index is 1310. The van der Waals surface area contributed by atoms with Gasteiger partial charge in [0, 0.05) is 41.5 Å². The van der Waals surface area contributed by atoms with Crippen LogP contribution in [-0.4, -0.2) is 27.3 Å². The summed E-state index contributed by atoms with van der Waals surface area (Å²) in [5, 5.41) is 12.0. The van der Waals surface area contributed by atoms with Crippen LogP contribution in [0.25, 0.3) is 22.5 Å². The number of rotatable bonds is 5. The van der Waals surface area contributed by atoms with Gasteiger partial charge >= 0.3 is 0 Å². The summed E-state index contributed by atoms with van der Waals surface area (Å²) in [4.78, 5) is 26.2. The molecule has 0 spiro atoms. The normalized spacial score (nSPS) is 13.1. The third kappa shape index (κ3) is 3.69. The van der Waals surface area contributed by atoms with E-state index in [4.69, 9.17) is 4.74 Å². The first kappa shape index (κ1) is 19.1. The number of benzene rings is 1. The molecule has 1 aliphatic heterocycles. The van der Waals surface area contributed by atoms with E-state index < -0.39 is 5.92 Å². The lowest BCUT2D eigenvalue weighted by Gasteiger charge is -2.08. The molecule has 0 amide bonds. The summed E-state index contributed by atoms with van der Waals surface area (Å²) in [6.45, 7) is 0.688. The first-order valence-electron chi connectivity index (χ1n) is 9.75. The third-order valence-electron chi connectivity index (χ3n) is 5.13. The van der Waals surface area contributed by atoms with Gasteiger partial charge < -0.3 is 4.74 Å². The Balaban J connectivity index is 1.44. The standard InChI is InChI=1S/C24H16N4O2S/c25-11-19(24-28-21(14-31-24)20-3-1-2-7-27-20)23(29)18-10-17(12-26-13-18)15-4-5-22-16(9-15)6-8-30-22/h1-5,7,9-10,12-14,19H,6,8H2. The van der Waals surface area contributed by atoms with E-state index >= 15 is 0 Å². The predicted molar refractivity (Wildman–Crippen MR) is 117 cm³/mol. The van der Waals surface area contributed by atoms with E-state index in [0.717, 1.165) is 28.9 Å². The molecule has 1 atom stereocenters. The molecule has 150 valence electrons. The lowest BCUT2D eigenvalue weighted by Crippen LogP contribution is -2.11. The smallest absolute Gasteiger partial charge is 0.188 e. The predicted octanol–water partition coefficient (Wildman–Crippen LogP) is 4.69. The van der Waals surface area contributed by atoms with Crippen molar-refractivity contribution in [1.82, 2.24) is 15.0 Å². The lowest BCUT2D eigenvalue weighted by molar-refractivity contribution is 0.0978. The average molecular weight is 424 g/mol. The number of Topliss-reactive ketones (excluding diaryl/α,β-unsaturated/α-hetero) is 1. The maximum absolute atomic E-state index is 13.2. The number of carbonyl (C=O) groups is 1. The highest BCUT2D eigenvalue weighted by Crippen LogP contribution is 2.32. The fourth-order valence-electron chi connectivity index (χ4n) is 3.54. The summed E-state index contributed by atoms with van der Waals surface area (Å²) in [6, 6.07) is 15.4. The molecule has 7 heteroatoms. The van der Waals surface area contributed by atoms with E-state index in [1.807, 2.05) is 35.7 Å². The molecule has 0 N–H and O–H groups in total. The zero-order chi connectivity index (χ0) is 21.2. The molecular formula is C24H16N4O2S. The van der Waals surface area contributed by atoms with Gasteiger partial charge in [0.25, 0.3) is 0 Å². The molecule has 4 heterocycles. The number of ether oxygens (including phenoxy) is 1. The molecule has 3 aromatic heterocycles. The minimum Gasteiger partial charge on any atom is -0.493 e. The van der Waals surface area contributed by atoms with Crippen molar-refractivity contribution in [1.29, 1.82) is 5.26 Å². The zero-order valence-electron chi connectivity index (χ0n) is 16.4. The van der Waals surface area contributed by atoms with Gasteiger partial charge in [-0.15, -0.1) is 11.3 Å². The van der Waals surface area contributed by atoms with Crippen molar-refractivity contribution in [3.8, 4) is 34.3 Å². The van der Waals surface area contributed by atoms with Crippen LogP contribution in [0.4, 0.5) is 0 Å². The van der Waals surface area contributed by atoms with E-state index in [-0.39, 0.29) is 5.78 Å². The van der Waals surface area contributed by atoms with Crippen LogP contribution in [0, 0.1) is 11.3 Å². The van der Waals surface area contributed by atoms with Gasteiger partial charge in [-0.25, -0.2) is 4.98 Å². The van der Waals surface area contributed by atoms with Crippen molar-refractivity contribution < 1.29 is 9.53 Å². The SMILES string of the molecule is N#CC(C(=O)c1cncc(-c2ccc3c(c2)CCO3)c1)c1nc(-c2ccccn2)cs1. The highest BCUT2D eigenvalue weighted by atomic mass is 32.1. The number of thiazole rings is 1. The second-order valence-corrected chi connectivity index (χ2v) is 7.99. The Labute approximate surface area is 182 Å². The molecule has 6 nitrogen and oxygen atoms in total. The largest absolute Gasteiger partial charge is 0.493 e. The van der Waals surface area contributed by atoms with E-state index in [1.54, 1.807) is 18.5 Å². The monoisotopic (exact) mass is 424 g/mol. The van der Waals surface area contributed by atoms with E-state index in [9.17, 15) is 10.1 Å². The second kappa shape index (κ2) is 8.09. The van der Waals surface area contributed by atoms with E-state index in [2.05, 4.69) is 27.1 Å². The summed E-state index contributed by atoms with van der Waals surface area (Å²) in [7, 11) is 0. The number of hydrogen-bond donors (Lipinski definition) is 0. The maximum Gasteiger partial charge on any atom is 0.188 e. The minimum absolute atomic E-state index is 0.316. The molecule has 1 aliphatic rings. The van der Waals surface area contributed by atoms with Crippen LogP contribution in [0.5, 0.6) is 5.75 Å². The van der Waals surface area contributed by atoms with Crippen LogP contribution in [0.1, 0.15) is 26.8 Å². The zero-order valence-corrected chi connectivity index (χ0v) is 17.2. The van der Waals surface area contributed by atoms with E-state index in [0.29, 0.717) is 28.6 Å². The van der Waals surface area contributed by atoms with Crippen molar-refractivity contribution >= 4 is 17.1 Å². The number of aromatic nitrogens is 3. The number of fused-ring (bicyclic) bond motifs is 1. The first-order valence-corrected chi connectivity index (χ1v) is 10.6. The molecule has 0 fully saturated rings. The number of nitrogens with zero attached hydrogens (tertiary/aromatic N) is 4. The second-order valence-electron chi connectivity index (χ2n) is 7.10. The molecule has 0 saturated heterocycles. The maximum atomic E-state index is 13.2. The van der Waals surface area contributed by atoms with Crippen LogP contribution in [0.2, 0.25) is 0 Å². The Kier molecular flexibility index (Phi) is 4.98. The van der Waals surface area contributed by atoms with Crippen molar-refractivity contribution in [2.75, 3.05) is 6.61 Å². The number of pyridine rings is 2. The van der Waals surface area contributed by atoms with Gasteiger partial charge in [-0.1, -0.05) is 12.1 Å². The molecule has 1 unspecified atom stereocenters. The summed E-state index contributed by atoms with van der Waals surface area (Å²) >= 11 is 1.29. The van der Waals surface area contributed by atoms with Crippen molar-refractivity contribution in [2.45, 2.75) is 12.3 Å². The Morgan fingerprint density at radius 3 is 2.90 bits per heavy atom. The molecule has 0 aliphatic carbocycles. The summed E-state index contributed by atoms with van der Waals surface area (Å²) < 4.78 is 5.56. The van der Waals surface area contributed by atoms with Crippen LogP contribution in [0.15, 0.2) is 66.4 Å². The van der Waals surface area contributed by atoms with Gasteiger partial charge in [0.2, 0.25) is 0 Å². The molecule has 5 rings (SSSR count). The third-order valence-corrected chi connectivity index (χ3v) is 6.04. The fourth-order valence-corrected chi connectivity index (χ4v) is 4.40. The molecule has 0 saturated carbocycles. The molecule has 4 aromatic rings. The summed E-state index contributed by atoms with van der Waals surface area (Å²) in [5.41, 5.74) is 4.68. The van der Waals surface area contributed by atoms with Crippen molar-refractivity contribution in [2.24, 2.45) is 0 Å². The Morgan fingerprint density at radius 2 is 2.06 bits per heavy atom. The van der Waals surface area contributed by atoms with Crippen molar-refractivity contribution in [3.63, 3.8) is 0 Å². The summed E-state index contributed by atoms with van der Waals surface area (Å²) in [6.07, 6.45) is 5.77. The van der Waals surface area contributed by atoms with Crippen LogP contribution in [-0.2, 0) is 6.42 Å². The fraction of sp³-hybridized carbons (Fsp3) is 0.125. The first-order chi connectivity index (χ1) is 15.2. The topological polar surface area (TPSA) is 88.8 Å². The Hall–Kier alpha value is -3.89. The average Bonchev–Trinajstić information content (AvgIpc) is 3.50. The Morgan fingerprint density at radius 1 is 1.13 bits per heavy atom. The molecule has 0 radical (unpaired) electrons. The van der Waals surface area contributed by atoms with Gasteiger partial charge in [0.15, 0.2) is 11.7 Å². The quantitative estimate of drug-likeness (QED) is 0.432. The highest BCUT2D eigenvalue weighted by molar-refractivity contribution is 7.10. The van der Waals surface area contributed by atoms with Crippen molar-refractivity contribution in [3.05, 3.63) is 82.6 Å². The van der Waals surface area contributed by atoms with Crippen LogP contribution in [0.3, 0.4) is 0 Å². The van der Waals surface area contributed by atoms with Crippen LogP contribution >= 0.6 is 11.3 Å². The molecule has 31 heavy (non-hydrogen) atoms. The number of nitriles is 1. The van der Waals surface area contributed by atoms with Gasteiger partial charge in [-0.05, 0) is 41.5 Å². The van der Waals surface area contributed by atoms with Gasteiger partial charge in [0.05, 0.1) is 24.1 Å². The molecule has 0 bridgehead atoms. The van der Waals surface area contributed by atoms with E-state index in [1.165, 1.54) is 17.5 Å². The van der Waals surface area contributed by atoms with Gasteiger partial charge in [-0.2, -0.15) is 5.26 Å². The molecular weight excluding hydrogens is 408 g/mol. The minimum atomic E-state index is -0.993. The summed E-state index contributed by atoms with van der Waals surface area (Å²) in [5.74, 6) is -0.405. The number of ketones is 1. The lowest BCUT2D eigenvalue weighted by atomic mass is 9.97. The van der Waals surface area contributed by atoms with Crippen LogP contribution < -0.4 is 4.74 Å². The number of hydrogen-bond acceptors (Lipinski definition) is 7. The van der Waals surface area contributed by atoms with Gasteiger partial charge in [0.1, 0.15) is 10.8 Å². The highest BCUT2D eigenvalue weighted by Gasteiger charge is 2.26. The van der Waals surface area contributed by atoms with Gasteiger partial charge in [-0.3, -0.25) is 14.8 Å². The number of carbonyl (C=O) groups excluding carboxylic acids is 1. The molecule has 1 aromatic carbocycles.